The summed E-state index contributed by atoms with van der Waals surface area (Å²) >= 11 is 7.48. The van der Waals surface area contributed by atoms with E-state index in [1.807, 2.05) is 45.3 Å². The van der Waals surface area contributed by atoms with Gasteiger partial charge in [0, 0.05) is 125 Å². The van der Waals surface area contributed by atoms with Crippen LogP contribution in [-0.2, 0) is 0 Å². The first kappa shape index (κ1) is 60.6. The first-order chi connectivity index (χ1) is 53.6. The molecule has 6 nitrogen and oxygen atoms in total. The smallest absolute Gasteiger partial charge is 0.256 e. The largest absolute Gasteiger partial charge is 0.458 e. The predicted octanol–water partition coefficient (Wildman–Crippen LogP) is 24.6. The number of ether oxygens (including phenoxy) is 1. The van der Waals surface area contributed by atoms with Crippen molar-refractivity contribution in [1.29, 1.82) is 0 Å². The number of anilines is 15. The molecule has 8 heterocycles. The van der Waals surface area contributed by atoms with Gasteiger partial charge in [0.25, 0.3) is 13.4 Å². The van der Waals surface area contributed by atoms with Gasteiger partial charge in [0.05, 0.1) is 52.9 Å². The summed E-state index contributed by atoms with van der Waals surface area (Å²) in [5.74, 6) is 1.65. The molecule has 108 heavy (non-hydrogen) atoms. The Bertz CT molecular complexity index is 7200. The molecule has 502 valence electrons. The summed E-state index contributed by atoms with van der Waals surface area (Å²) < 4.78 is 18.1. The third kappa shape index (κ3) is 8.76. The van der Waals surface area contributed by atoms with Gasteiger partial charge in [0.2, 0.25) is 0 Å². The van der Waals surface area contributed by atoms with Crippen LogP contribution in [0.3, 0.4) is 0 Å². The van der Waals surface area contributed by atoms with E-state index in [2.05, 4.69) is 370 Å². The third-order valence-electron chi connectivity index (χ3n) is 22.8. The second-order valence-corrected chi connectivity index (χ2v) is 32.7. The summed E-state index contributed by atoms with van der Waals surface area (Å²) in [6.07, 6.45) is 0. The monoisotopic (exact) mass is 1450 g/mol. The highest BCUT2D eigenvalue weighted by Gasteiger charge is 2.49. The fourth-order valence-electron chi connectivity index (χ4n) is 18.4. The van der Waals surface area contributed by atoms with Crippen LogP contribution in [0.25, 0.3) is 80.7 Å². The number of hydrogen-bond donors (Lipinski definition) is 0. The summed E-state index contributed by atoms with van der Waals surface area (Å²) in [5, 5.41) is 9.99. The van der Waals surface area contributed by atoms with Gasteiger partial charge >= 0.3 is 0 Å². The SMILES string of the molecule is c1ccc(N2c3ccccc3B3c4cc5c(cc4N(c4cccc6c4sc4ccccc46)c4cc(N(c6ccccc6)c6cccc7c6sc6ccccc67)cc2c43)Oc2cc(N(c3ccccc3)c3cccc4c3sc3ccccc34)cc3c2B5c2ccccc2N3c2cccc3c2sc2ccccc23)cc1. The first-order valence-corrected chi connectivity index (χ1v) is 40.0. The van der Waals surface area contributed by atoms with Gasteiger partial charge in [-0.25, -0.2) is 0 Å². The molecule has 0 N–H and O–H groups in total. The van der Waals surface area contributed by atoms with Crippen LogP contribution in [0.5, 0.6) is 11.5 Å². The Morgan fingerprint density at radius 1 is 0.231 bits per heavy atom. The Kier molecular flexibility index (Phi) is 13.1. The molecule has 0 fully saturated rings. The van der Waals surface area contributed by atoms with Crippen LogP contribution >= 0.6 is 45.3 Å². The number of fused-ring (bicyclic) bond motifs is 20. The normalized spacial score (nSPS) is 13.2. The average molecular weight is 1450 g/mol. The van der Waals surface area contributed by atoms with Crippen molar-refractivity contribution in [3.05, 3.63) is 346 Å². The molecule has 16 aromatic carbocycles. The van der Waals surface area contributed by atoms with E-state index in [4.69, 9.17) is 4.74 Å². The zero-order valence-corrected chi connectivity index (χ0v) is 61.1. The molecule has 0 saturated heterocycles. The number of thiophene rings is 4. The van der Waals surface area contributed by atoms with Crippen molar-refractivity contribution in [2.24, 2.45) is 0 Å². The molecule has 0 unspecified atom stereocenters. The predicted molar refractivity (Wildman–Crippen MR) is 467 cm³/mol. The zero-order valence-electron chi connectivity index (χ0n) is 57.8. The number of hydrogen-bond acceptors (Lipinski definition) is 10. The zero-order chi connectivity index (χ0) is 70.4. The number of para-hydroxylation sites is 5. The lowest BCUT2D eigenvalue weighted by atomic mass is 9.30. The van der Waals surface area contributed by atoms with Gasteiger partial charge in [-0.3, -0.25) is 0 Å². The van der Waals surface area contributed by atoms with Crippen LogP contribution in [0.1, 0.15) is 0 Å². The Morgan fingerprint density at radius 2 is 0.602 bits per heavy atom. The molecular weight excluding hydrogens is 1390 g/mol. The van der Waals surface area contributed by atoms with E-state index in [1.54, 1.807) is 0 Å². The van der Waals surface area contributed by atoms with E-state index in [1.165, 1.54) is 103 Å². The molecule has 0 spiro atoms. The Balaban J connectivity index is 0.805. The molecule has 12 heteroatoms. The molecule has 0 bridgehead atoms. The van der Waals surface area contributed by atoms with Crippen molar-refractivity contribution in [2.45, 2.75) is 0 Å². The minimum absolute atomic E-state index is 0.227. The quantitative estimate of drug-likeness (QED) is 0.134. The van der Waals surface area contributed by atoms with Crippen molar-refractivity contribution < 1.29 is 4.74 Å². The van der Waals surface area contributed by atoms with Crippen LogP contribution < -0.4 is 62.0 Å². The minimum Gasteiger partial charge on any atom is -0.458 e. The molecule has 20 aromatic rings. The molecule has 4 aliphatic heterocycles. The van der Waals surface area contributed by atoms with Gasteiger partial charge in [0.15, 0.2) is 0 Å². The van der Waals surface area contributed by atoms with Crippen molar-refractivity contribution in [3.63, 3.8) is 0 Å². The van der Waals surface area contributed by atoms with Gasteiger partial charge in [-0.2, -0.15) is 0 Å². The van der Waals surface area contributed by atoms with E-state index in [9.17, 15) is 0 Å². The second kappa shape index (κ2) is 23.4. The standard InChI is InChI=1S/C96H57B2N5OS4/c1-4-26-58(27-5-1)99(77-44-22-36-67-63-32-10-18-48-87(63)105-93(67)77)61-52-82-91-83(53-61)103(80-47-25-39-70-66-35-13-21-51-90(66)108-96(70)80)81-57-85-74(56-73(81)97(91)71-40-14-16-42-75(71)101(82)60-30-8-3-9-31-60)98-72-41-15-17-43-76(72)102(79-46-24-38-69-65-34-12-20-50-89(65)107-95(69)79)84-54-62(55-86(104-85)92(84)98)100(59-28-6-2-7-29-59)78-45-23-37-68-64-33-11-19-49-88(64)106-94(68)78/h1-57H. The third-order valence-corrected chi connectivity index (χ3v) is 27.6. The number of rotatable bonds is 9. The minimum atomic E-state index is -0.248. The lowest BCUT2D eigenvalue weighted by Gasteiger charge is -2.46. The fraction of sp³-hybridized carbons (Fsp3) is 0. The van der Waals surface area contributed by atoms with Crippen LogP contribution in [0.2, 0.25) is 0 Å². The van der Waals surface area contributed by atoms with Gasteiger partial charge in [-0.1, -0.05) is 218 Å². The highest BCUT2D eigenvalue weighted by atomic mass is 32.1. The fourth-order valence-corrected chi connectivity index (χ4v) is 23.2. The topological polar surface area (TPSA) is 25.4 Å². The molecule has 24 rings (SSSR count). The van der Waals surface area contributed by atoms with Gasteiger partial charge in [-0.05, 0) is 148 Å². The Morgan fingerprint density at radius 3 is 1.12 bits per heavy atom. The summed E-state index contributed by atoms with van der Waals surface area (Å²) in [6, 6.07) is 129. The molecule has 0 atom stereocenters. The number of benzene rings is 16. The van der Waals surface area contributed by atoms with Crippen molar-refractivity contribution in [1.82, 2.24) is 0 Å². The van der Waals surface area contributed by atoms with Crippen LogP contribution in [0, 0.1) is 0 Å². The van der Waals surface area contributed by atoms with Crippen molar-refractivity contribution in [2.75, 3.05) is 24.5 Å². The molecule has 0 amide bonds. The highest BCUT2D eigenvalue weighted by Crippen LogP contribution is 2.56. The molecule has 4 aliphatic rings. The summed E-state index contributed by atoms with van der Waals surface area (Å²) in [6.45, 7) is -0.475. The maximum Gasteiger partial charge on any atom is 0.256 e. The maximum atomic E-state index is 8.14. The van der Waals surface area contributed by atoms with E-state index in [0.29, 0.717) is 0 Å². The van der Waals surface area contributed by atoms with E-state index >= 15 is 0 Å². The van der Waals surface area contributed by atoms with E-state index < -0.39 is 0 Å². The molecule has 0 saturated carbocycles. The summed E-state index contributed by atoms with van der Waals surface area (Å²) in [7, 11) is 0. The average Bonchev–Trinajstić information content (AvgIpc) is 0.750. The van der Waals surface area contributed by atoms with Crippen molar-refractivity contribution >= 4 is 258 Å². The lowest BCUT2D eigenvalue weighted by Crippen LogP contribution is -2.64. The van der Waals surface area contributed by atoms with Gasteiger partial charge in [-0.15, -0.1) is 45.3 Å². The molecule has 0 radical (unpaired) electrons. The van der Waals surface area contributed by atoms with E-state index in [-0.39, 0.29) is 13.4 Å². The molecule has 0 aliphatic carbocycles. The van der Waals surface area contributed by atoms with Crippen LogP contribution in [0.15, 0.2) is 346 Å². The maximum absolute atomic E-state index is 8.14. The summed E-state index contributed by atoms with van der Waals surface area (Å²) in [4.78, 5) is 12.8. The van der Waals surface area contributed by atoms with Gasteiger partial charge < -0.3 is 29.2 Å². The van der Waals surface area contributed by atoms with Crippen LogP contribution in [0.4, 0.5) is 85.3 Å². The van der Waals surface area contributed by atoms with E-state index in [0.717, 1.165) is 108 Å². The first-order valence-electron chi connectivity index (χ1n) is 36.8. The van der Waals surface area contributed by atoms with Gasteiger partial charge in [0.1, 0.15) is 11.5 Å². The number of nitrogens with zero attached hydrogens (tertiary/aromatic N) is 5. The highest BCUT2D eigenvalue weighted by molar-refractivity contribution is 7.28. The van der Waals surface area contributed by atoms with Crippen LogP contribution in [-0.4, -0.2) is 13.4 Å². The molecular formula is C96H57B2N5OS4. The second-order valence-electron chi connectivity index (χ2n) is 28.5. The summed E-state index contributed by atoms with van der Waals surface area (Å²) in [5.41, 5.74) is 23.6. The lowest BCUT2D eigenvalue weighted by molar-refractivity contribution is 0.488. The Hall–Kier alpha value is -12.7. The van der Waals surface area contributed by atoms with Crippen molar-refractivity contribution in [3.8, 4) is 11.5 Å². The molecule has 4 aromatic heterocycles. The Labute approximate surface area is 639 Å².